The molecule has 0 N–H and O–H groups in total. The summed E-state index contributed by atoms with van der Waals surface area (Å²) in [4.78, 5) is -0.124. The number of halogens is 2. The molecule has 6 heteroatoms. The maximum Gasteiger partial charge on any atom is 0.265 e. The summed E-state index contributed by atoms with van der Waals surface area (Å²) in [5.41, 5.74) is 3.20. The van der Waals surface area contributed by atoms with Crippen molar-refractivity contribution < 1.29 is 13.2 Å². The lowest BCUT2D eigenvalue weighted by Crippen LogP contribution is -2.01. The first kappa shape index (κ1) is 16.1. The second kappa shape index (κ2) is 6.26. The summed E-state index contributed by atoms with van der Waals surface area (Å²) in [7, 11) is 1.49. The van der Waals surface area contributed by atoms with Gasteiger partial charge >= 0.3 is 0 Å². The van der Waals surface area contributed by atoms with E-state index in [0.29, 0.717) is 0 Å². The monoisotopic (exact) mass is 344 g/mol. The number of benzene rings is 2. The van der Waals surface area contributed by atoms with Crippen molar-refractivity contribution in [3.63, 3.8) is 0 Å². The highest BCUT2D eigenvalue weighted by molar-refractivity contribution is 8.13. The third-order valence-electron chi connectivity index (χ3n) is 2.84. The van der Waals surface area contributed by atoms with Crippen LogP contribution in [0, 0.1) is 13.8 Å². The van der Waals surface area contributed by atoms with Crippen molar-refractivity contribution in [2.75, 3.05) is 0 Å². The van der Waals surface area contributed by atoms with E-state index in [-0.39, 0.29) is 22.3 Å². The normalized spacial score (nSPS) is 11.4. The van der Waals surface area contributed by atoms with Crippen molar-refractivity contribution in [2.24, 2.45) is 0 Å². The van der Waals surface area contributed by atoms with Crippen molar-refractivity contribution in [3.05, 3.63) is 58.1 Å². The molecule has 0 heterocycles. The number of hydrogen-bond acceptors (Lipinski definition) is 3. The van der Waals surface area contributed by atoms with Gasteiger partial charge in [-0.15, -0.1) is 0 Å². The number of ether oxygens (including phenoxy) is 1. The molecule has 0 saturated carbocycles. The predicted octanol–water partition coefficient (Wildman–Crippen LogP) is 4.46. The van der Waals surface area contributed by atoms with E-state index in [1.807, 2.05) is 26.0 Å². The second-order valence-electron chi connectivity index (χ2n) is 4.81. The molecule has 0 aliphatic heterocycles. The minimum absolute atomic E-state index is 0.124. The van der Waals surface area contributed by atoms with Crippen LogP contribution in [0.5, 0.6) is 5.75 Å². The molecule has 0 atom stereocenters. The average molecular weight is 345 g/mol. The molecule has 0 bridgehead atoms. The van der Waals surface area contributed by atoms with Crippen LogP contribution in [-0.2, 0) is 15.7 Å². The molecule has 0 amide bonds. The lowest BCUT2D eigenvalue weighted by molar-refractivity contribution is 0.298. The average Bonchev–Trinajstić information content (AvgIpc) is 2.35. The second-order valence-corrected chi connectivity index (χ2v) is 7.78. The van der Waals surface area contributed by atoms with Gasteiger partial charge in [-0.3, -0.25) is 0 Å². The largest absolute Gasteiger partial charge is 0.487 e. The van der Waals surface area contributed by atoms with Crippen LogP contribution in [-0.4, -0.2) is 8.42 Å². The van der Waals surface area contributed by atoms with E-state index < -0.39 is 9.05 Å². The van der Waals surface area contributed by atoms with E-state index >= 15 is 0 Å². The number of aryl methyl sites for hydroxylation is 2. The summed E-state index contributed by atoms with van der Waals surface area (Å²) in [6, 6.07) is 10.4. The first-order valence-corrected chi connectivity index (χ1v) is 8.88. The molecule has 0 aromatic heterocycles. The fraction of sp³-hybridized carbons (Fsp3) is 0.200. The van der Waals surface area contributed by atoms with Crippen LogP contribution >= 0.6 is 22.3 Å². The van der Waals surface area contributed by atoms with Crippen LogP contribution in [0.3, 0.4) is 0 Å². The smallest absolute Gasteiger partial charge is 0.265 e. The summed E-state index contributed by atoms with van der Waals surface area (Å²) in [5.74, 6) is 0.188. The minimum atomic E-state index is -3.91. The minimum Gasteiger partial charge on any atom is -0.487 e. The molecular formula is C15H14Cl2O3S. The van der Waals surface area contributed by atoms with Crippen LogP contribution in [0.15, 0.2) is 41.3 Å². The maximum absolute atomic E-state index is 11.6. The molecule has 0 saturated heterocycles. The summed E-state index contributed by atoms with van der Waals surface area (Å²) < 4.78 is 28.7. The summed E-state index contributed by atoms with van der Waals surface area (Å²) >= 11 is 5.80. The highest BCUT2D eigenvalue weighted by Gasteiger charge is 2.17. The van der Waals surface area contributed by atoms with Gasteiger partial charge in [-0.25, -0.2) is 8.42 Å². The first-order chi connectivity index (χ1) is 9.75. The molecular weight excluding hydrogens is 331 g/mol. The van der Waals surface area contributed by atoms with E-state index in [1.54, 1.807) is 6.07 Å². The number of hydrogen-bond donors (Lipinski definition) is 0. The Labute approximate surface area is 133 Å². The van der Waals surface area contributed by atoms with E-state index in [2.05, 4.69) is 6.07 Å². The molecule has 2 aromatic carbocycles. The van der Waals surface area contributed by atoms with E-state index in [1.165, 1.54) is 12.1 Å². The molecule has 0 radical (unpaired) electrons. The predicted molar refractivity (Wildman–Crippen MR) is 84.7 cm³/mol. The van der Waals surface area contributed by atoms with Crippen LogP contribution in [0.4, 0.5) is 0 Å². The van der Waals surface area contributed by atoms with Gasteiger partial charge in [-0.1, -0.05) is 40.9 Å². The highest BCUT2D eigenvalue weighted by Crippen LogP contribution is 2.30. The van der Waals surface area contributed by atoms with Crippen molar-refractivity contribution >= 4 is 31.3 Å². The number of rotatable bonds is 4. The molecule has 0 fully saturated rings. The van der Waals surface area contributed by atoms with Gasteiger partial charge in [0.05, 0.1) is 0 Å². The molecule has 3 nitrogen and oxygen atoms in total. The molecule has 21 heavy (non-hydrogen) atoms. The third-order valence-corrected chi connectivity index (χ3v) is 4.42. The Hall–Kier alpha value is -1.23. The van der Waals surface area contributed by atoms with Gasteiger partial charge in [0.25, 0.3) is 9.05 Å². The molecule has 0 aliphatic carbocycles. The maximum atomic E-state index is 11.6. The van der Waals surface area contributed by atoms with Crippen LogP contribution in [0.25, 0.3) is 0 Å². The molecule has 0 spiro atoms. The standard InChI is InChI=1S/C15H14Cl2O3S/c1-10-5-11(2)7-12(6-10)9-20-14-4-3-13(16)8-15(14)21(17,18)19/h3-8H,9H2,1-2H3. The molecule has 0 unspecified atom stereocenters. The Morgan fingerprint density at radius 3 is 2.24 bits per heavy atom. The van der Waals surface area contributed by atoms with Gasteiger partial charge in [0.2, 0.25) is 0 Å². The molecule has 112 valence electrons. The van der Waals surface area contributed by atoms with Gasteiger partial charge in [0.15, 0.2) is 0 Å². The Bertz CT molecular complexity index is 750. The van der Waals surface area contributed by atoms with Crippen LogP contribution in [0.2, 0.25) is 5.02 Å². The Balaban J connectivity index is 2.28. The summed E-state index contributed by atoms with van der Waals surface area (Å²) in [6.07, 6.45) is 0. The lowest BCUT2D eigenvalue weighted by atomic mass is 10.1. The fourth-order valence-corrected chi connectivity index (χ4v) is 3.34. The zero-order valence-electron chi connectivity index (χ0n) is 11.6. The van der Waals surface area contributed by atoms with Crippen LogP contribution < -0.4 is 4.74 Å². The van der Waals surface area contributed by atoms with Crippen molar-refractivity contribution in [1.82, 2.24) is 0 Å². The zero-order valence-corrected chi connectivity index (χ0v) is 13.9. The molecule has 0 aliphatic rings. The van der Waals surface area contributed by atoms with Gasteiger partial charge in [-0.05, 0) is 37.6 Å². The Morgan fingerprint density at radius 1 is 1.05 bits per heavy atom. The van der Waals surface area contributed by atoms with E-state index in [9.17, 15) is 8.42 Å². The first-order valence-electron chi connectivity index (χ1n) is 6.20. The van der Waals surface area contributed by atoms with Gasteiger partial charge in [0.1, 0.15) is 17.3 Å². The summed E-state index contributed by atoms with van der Waals surface area (Å²) in [5, 5.41) is 0.285. The highest BCUT2D eigenvalue weighted by atomic mass is 35.7. The lowest BCUT2D eigenvalue weighted by Gasteiger charge is -2.11. The molecule has 2 rings (SSSR count). The van der Waals surface area contributed by atoms with Crippen molar-refractivity contribution in [1.29, 1.82) is 0 Å². The quantitative estimate of drug-likeness (QED) is 0.768. The fourth-order valence-electron chi connectivity index (χ4n) is 2.11. The van der Waals surface area contributed by atoms with Crippen LogP contribution in [0.1, 0.15) is 16.7 Å². The van der Waals surface area contributed by atoms with E-state index in [4.69, 9.17) is 27.0 Å². The Morgan fingerprint density at radius 2 is 1.67 bits per heavy atom. The van der Waals surface area contributed by atoms with E-state index in [0.717, 1.165) is 16.7 Å². The summed E-state index contributed by atoms with van der Waals surface area (Å²) in [6.45, 7) is 4.24. The topological polar surface area (TPSA) is 43.4 Å². The van der Waals surface area contributed by atoms with Crippen molar-refractivity contribution in [3.8, 4) is 5.75 Å². The van der Waals surface area contributed by atoms with Gasteiger partial charge in [0, 0.05) is 15.7 Å². The molecule has 2 aromatic rings. The zero-order chi connectivity index (χ0) is 15.6. The van der Waals surface area contributed by atoms with Crippen molar-refractivity contribution in [2.45, 2.75) is 25.3 Å². The SMILES string of the molecule is Cc1cc(C)cc(COc2ccc(Cl)cc2S(=O)(=O)Cl)c1. The van der Waals surface area contributed by atoms with Gasteiger partial charge < -0.3 is 4.74 Å². The Kier molecular flexibility index (Phi) is 4.81. The third kappa shape index (κ3) is 4.37. The van der Waals surface area contributed by atoms with Gasteiger partial charge in [-0.2, -0.15) is 0 Å².